The Kier molecular flexibility index (Phi) is 3.36. The summed E-state index contributed by atoms with van der Waals surface area (Å²) in [6.45, 7) is 2.13. The van der Waals surface area contributed by atoms with E-state index in [9.17, 15) is 0 Å². The third-order valence-corrected chi connectivity index (χ3v) is 2.49. The lowest BCUT2D eigenvalue weighted by atomic mass is 10.3. The summed E-state index contributed by atoms with van der Waals surface area (Å²) >= 11 is 11.8. The SMILES string of the molecule is Cc1cc(COc2cc(Cl)ccc2Cl)on1. The Morgan fingerprint density at radius 3 is 2.81 bits per heavy atom. The van der Waals surface area contributed by atoms with Crippen LogP contribution in [0.3, 0.4) is 0 Å². The molecule has 0 aliphatic rings. The lowest BCUT2D eigenvalue weighted by molar-refractivity contribution is 0.249. The van der Waals surface area contributed by atoms with Crippen molar-refractivity contribution in [2.75, 3.05) is 0 Å². The predicted octanol–water partition coefficient (Wildman–Crippen LogP) is 3.87. The number of hydrogen-bond donors (Lipinski definition) is 0. The van der Waals surface area contributed by atoms with Crippen LogP contribution in [0.2, 0.25) is 10.0 Å². The summed E-state index contributed by atoms with van der Waals surface area (Å²) < 4.78 is 10.5. The number of rotatable bonds is 3. The molecule has 84 valence electrons. The van der Waals surface area contributed by atoms with Gasteiger partial charge in [-0.15, -0.1) is 0 Å². The number of aromatic nitrogens is 1. The fraction of sp³-hybridized carbons (Fsp3) is 0.182. The van der Waals surface area contributed by atoms with Gasteiger partial charge in [0.1, 0.15) is 12.4 Å². The average molecular weight is 258 g/mol. The molecule has 0 radical (unpaired) electrons. The number of benzene rings is 1. The summed E-state index contributed by atoms with van der Waals surface area (Å²) in [5.41, 5.74) is 0.816. The highest BCUT2D eigenvalue weighted by molar-refractivity contribution is 6.34. The third-order valence-electron chi connectivity index (χ3n) is 1.94. The molecule has 0 spiro atoms. The number of nitrogens with zero attached hydrogens (tertiary/aromatic N) is 1. The van der Waals surface area contributed by atoms with Crippen LogP contribution in [0.1, 0.15) is 11.5 Å². The van der Waals surface area contributed by atoms with Gasteiger partial charge in [0.15, 0.2) is 5.76 Å². The standard InChI is InChI=1S/C11H9Cl2NO2/c1-7-4-9(16-14-7)6-15-11-5-8(12)2-3-10(11)13/h2-5H,6H2,1H3. The van der Waals surface area contributed by atoms with Gasteiger partial charge in [-0.3, -0.25) is 0 Å². The average Bonchev–Trinajstić information content (AvgIpc) is 2.66. The van der Waals surface area contributed by atoms with Crippen molar-refractivity contribution < 1.29 is 9.26 Å². The van der Waals surface area contributed by atoms with Crippen molar-refractivity contribution >= 4 is 23.2 Å². The quantitative estimate of drug-likeness (QED) is 0.838. The van der Waals surface area contributed by atoms with Crippen LogP contribution in [0.15, 0.2) is 28.8 Å². The van der Waals surface area contributed by atoms with E-state index in [-0.39, 0.29) is 6.61 Å². The number of aryl methyl sites for hydroxylation is 1. The summed E-state index contributed by atoms with van der Waals surface area (Å²) in [5.74, 6) is 1.18. The Bertz CT molecular complexity index is 496. The van der Waals surface area contributed by atoms with Crippen molar-refractivity contribution in [3.8, 4) is 5.75 Å². The van der Waals surface area contributed by atoms with Crippen LogP contribution < -0.4 is 4.74 Å². The van der Waals surface area contributed by atoms with E-state index in [2.05, 4.69) is 5.16 Å². The van der Waals surface area contributed by atoms with Crippen LogP contribution >= 0.6 is 23.2 Å². The van der Waals surface area contributed by atoms with Gasteiger partial charge in [0.05, 0.1) is 10.7 Å². The summed E-state index contributed by atoms with van der Waals surface area (Å²) in [5, 5.41) is 4.85. The molecular weight excluding hydrogens is 249 g/mol. The number of hydrogen-bond acceptors (Lipinski definition) is 3. The maximum atomic E-state index is 5.94. The molecule has 3 nitrogen and oxygen atoms in total. The smallest absolute Gasteiger partial charge is 0.174 e. The molecule has 1 aromatic carbocycles. The van der Waals surface area contributed by atoms with Gasteiger partial charge in [0.2, 0.25) is 0 Å². The Balaban J connectivity index is 2.07. The van der Waals surface area contributed by atoms with E-state index >= 15 is 0 Å². The highest BCUT2D eigenvalue weighted by atomic mass is 35.5. The number of halogens is 2. The lowest BCUT2D eigenvalue weighted by Crippen LogP contribution is -1.94. The normalized spacial score (nSPS) is 10.4. The maximum absolute atomic E-state index is 5.94. The second-order valence-electron chi connectivity index (χ2n) is 3.30. The first-order chi connectivity index (χ1) is 7.65. The summed E-state index contributed by atoms with van der Waals surface area (Å²) in [6, 6.07) is 6.85. The van der Waals surface area contributed by atoms with Crippen molar-refractivity contribution in [2.45, 2.75) is 13.5 Å². The predicted molar refractivity (Wildman–Crippen MR) is 62.0 cm³/mol. The monoisotopic (exact) mass is 257 g/mol. The van der Waals surface area contributed by atoms with Crippen molar-refractivity contribution in [3.05, 3.63) is 45.8 Å². The molecule has 2 aromatic rings. The molecule has 1 heterocycles. The van der Waals surface area contributed by atoms with E-state index in [4.69, 9.17) is 32.5 Å². The summed E-state index contributed by atoms with van der Waals surface area (Å²) in [6.07, 6.45) is 0. The van der Waals surface area contributed by atoms with Gasteiger partial charge in [0, 0.05) is 17.2 Å². The molecule has 0 N–H and O–H groups in total. The first kappa shape index (κ1) is 11.3. The van der Waals surface area contributed by atoms with E-state index in [1.54, 1.807) is 24.3 Å². The molecule has 0 fully saturated rings. The van der Waals surface area contributed by atoms with Crippen LogP contribution in [-0.4, -0.2) is 5.16 Å². The second kappa shape index (κ2) is 4.76. The van der Waals surface area contributed by atoms with Crippen LogP contribution in [-0.2, 0) is 6.61 Å². The second-order valence-corrected chi connectivity index (χ2v) is 4.14. The Hall–Kier alpha value is -1.19. The third kappa shape index (κ3) is 2.68. The molecule has 1 aromatic heterocycles. The number of ether oxygens (including phenoxy) is 1. The van der Waals surface area contributed by atoms with Crippen molar-refractivity contribution in [1.29, 1.82) is 0 Å². The van der Waals surface area contributed by atoms with E-state index in [0.29, 0.717) is 21.6 Å². The minimum absolute atomic E-state index is 0.279. The molecule has 5 heteroatoms. The van der Waals surface area contributed by atoms with E-state index in [1.807, 2.05) is 6.92 Å². The Morgan fingerprint density at radius 1 is 1.31 bits per heavy atom. The Morgan fingerprint density at radius 2 is 2.12 bits per heavy atom. The molecule has 0 aliphatic heterocycles. The van der Waals surface area contributed by atoms with Crippen LogP contribution in [0, 0.1) is 6.92 Å². The van der Waals surface area contributed by atoms with Crippen molar-refractivity contribution in [1.82, 2.24) is 5.16 Å². The first-order valence-corrected chi connectivity index (χ1v) is 5.41. The zero-order valence-electron chi connectivity index (χ0n) is 8.54. The van der Waals surface area contributed by atoms with Gasteiger partial charge in [-0.1, -0.05) is 28.4 Å². The minimum atomic E-state index is 0.279. The summed E-state index contributed by atoms with van der Waals surface area (Å²) in [4.78, 5) is 0. The molecule has 16 heavy (non-hydrogen) atoms. The molecule has 0 atom stereocenters. The molecule has 0 saturated heterocycles. The van der Waals surface area contributed by atoms with Crippen LogP contribution in [0.5, 0.6) is 5.75 Å². The molecule has 0 saturated carbocycles. The highest BCUT2D eigenvalue weighted by Crippen LogP contribution is 2.28. The van der Waals surface area contributed by atoms with E-state index in [1.165, 1.54) is 0 Å². The first-order valence-electron chi connectivity index (χ1n) is 4.65. The topological polar surface area (TPSA) is 35.3 Å². The van der Waals surface area contributed by atoms with Crippen LogP contribution in [0.4, 0.5) is 0 Å². The fourth-order valence-corrected chi connectivity index (χ4v) is 1.56. The summed E-state index contributed by atoms with van der Waals surface area (Å²) in [7, 11) is 0. The van der Waals surface area contributed by atoms with Gasteiger partial charge >= 0.3 is 0 Å². The zero-order chi connectivity index (χ0) is 11.5. The lowest BCUT2D eigenvalue weighted by Gasteiger charge is -2.05. The van der Waals surface area contributed by atoms with Gasteiger partial charge in [-0.25, -0.2) is 0 Å². The Labute approximate surface area is 103 Å². The highest BCUT2D eigenvalue weighted by Gasteiger charge is 2.05. The molecular formula is C11H9Cl2NO2. The molecule has 0 bridgehead atoms. The molecule has 0 aliphatic carbocycles. The van der Waals surface area contributed by atoms with Crippen molar-refractivity contribution in [2.24, 2.45) is 0 Å². The molecule has 0 unspecified atom stereocenters. The van der Waals surface area contributed by atoms with E-state index < -0.39 is 0 Å². The minimum Gasteiger partial charge on any atom is -0.484 e. The van der Waals surface area contributed by atoms with Gasteiger partial charge in [-0.05, 0) is 19.1 Å². The van der Waals surface area contributed by atoms with Gasteiger partial charge < -0.3 is 9.26 Å². The van der Waals surface area contributed by atoms with Crippen LogP contribution in [0.25, 0.3) is 0 Å². The van der Waals surface area contributed by atoms with Gasteiger partial charge in [0.25, 0.3) is 0 Å². The molecule has 2 rings (SSSR count). The largest absolute Gasteiger partial charge is 0.484 e. The van der Waals surface area contributed by atoms with Gasteiger partial charge in [-0.2, -0.15) is 0 Å². The van der Waals surface area contributed by atoms with Crippen molar-refractivity contribution in [3.63, 3.8) is 0 Å². The van der Waals surface area contributed by atoms with E-state index in [0.717, 1.165) is 5.69 Å². The zero-order valence-corrected chi connectivity index (χ0v) is 10.0. The molecule has 0 amide bonds. The fourth-order valence-electron chi connectivity index (χ4n) is 1.22. The maximum Gasteiger partial charge on any atom is 0.174 e.